The van der Waals surface area contributed by atoms with E-state index in [4.69, 9.17) is 9.47 Å². The van der Waals surface area contributed by atoms with Crippen molar-refractivity contribution in [3.8, 4) is 5.69 Å². The number of carbonyl (C=O) groups is 1. The Kier molecular flexibility index (Phi) is 6.54. The molecule has 3 aromatic rings. The third-order valence-electron chi connectivity index (χ3n) is 4.13. The van der Waals surface area contributed by atoms with Gasteiger partial charge in [-0.05, 0) is 35.9 Å². The lowest BCUT2D eigenvalue weighted by molar-refractivity contribution is -0.384. The highest BCUT2D eigenvalue weighted by Gasteiger charge is 2.18. The minimum atomic E-state index is -0.632. The van der Waals surface area contributed by atoms with Gasteiger partial charge in [0.1, 0.15) is 12.3 Å². The molecule has 0 bridgehead atoms. The Bertz CT molecular complexity index is 971. The number of nitro groups is 1. The molecule has 9 heteroatoms. The van der Waals surface area contributed by atoms with Gasteiger partial charge in [0, 0.05) is 32.1 Å². The van der Waals surface area contributed by atoms with Gasteiger partial charge in [-0.15, -0.1) is 0 Å². The number of nitrogens with one attached hydrogen (secondary N) is 1. The first-order chi connectivity index (χ1) is 14.1. The number of hydrogen-bond donors (Lipinski definition) is 1. The number of carbonyl (C=O) groups excluding carboxylic acids is 1. The van der Waals surface area contributed by atoms with E-state index in [2.05, 4.69) is 10.4 Å². The number of aromatic nitrogens is 2. The first-order valence-electron chi connectivity index (χ1n) is 8.86. The van der Waals surface area contributed by atoms with Crippen LogP contribution in [0.2, 0.25) is 0 Å². The van der Waals surface area contributed by atoms with Crippen molar-refractivity contribution in [1.82, 2.24) is 9.78 Å². The smallest absolute Gasteiger partial charge is 0.338 e. The summed E-state index contributed by atoms with van der Waals surface area (Å²) in [5, 5.41) is 18.4. The highest BCUT2D eigenvalue weighted by Crippen LogP contribution is 2.26. The minimum Gasteiger partial charge on any atom is -0.457 e. The Morgan fingerprint density at radius 2 is 2.03 bits per heavy atom. The van der Waals surface area contributed by atoms with Gasteiger partial charge >= 0.3 is 5.97 Å². The van der Waals surface area contributed by atoms with Crippen molar-refractivity contribution in [1.29, 1.82) is 0 Å². The lowest BCUT2D eigenvalue weighted by Crippen LogP contribution is -2.11. The number of hydrogen-bond acceptors (Lipinski definition) is 7. The van der Waals surface area contributed by atoms with Crippen LogP contribution in [-0.2, 0) is 16.1 Å². The van der Waals surface area contributed by atoms with E-state index in [0.29, 0.717) is 18.8 Å². The Morgan fingerprint density at radius 3 is 2.69 bits per heavy atom. The molecule has 3 rings (SSSR count). The molecule has 0 saturated carbocycles. The number of nitrogens with zero attached hydrogens (tertiary/aromatic N) is 3. The summed E-state index contributed by atoms with van der Waals surface area (Å²) in [5.41, 5.74) is 1.91. The largest absolute Gasteiger partial charge is 0.457 e. The summed E-state index contributed by atoms with van der Waals surface area (Å²) in [4.78, 5) is 23.1. The SMILES string of the molecule is COCCNc1ccc(C(=O)OCc2ccc(-n3cccn3)cc2)cc1[N+](=O)[O-]. The summed E-state index contributed by atoms with van der Waals surface area (Å²) in [6, 6.07) is 13.4. The zero-order valence-corrected chi connectivity index (χ0v) is 15.8. The van der Waals surface area contributed by atoms with Crippen LogP contribution in [0.25, 0.3) is 5.69 Å². The maximum absolute atomic E-state index is 12.3. The first kappa shape index (κ1) is 20.0. The molecule has 29 heavy (non-hydrogen) atoms. The van der Waals surface area contributed by atoms with Crippen molar-refractivity contribution in [3.63, 3.8) is 0 Å². The quantitative estimate of drug-likeness (QED) is 0.256. The first-order valence-corrected chi connectivity index (χ1v) is 8.86. The van der Waals surface area contributed by atoms with Gasteiger partial charge in [0.25, 0.3) is 5.69 Å². The van der Waals surface area contributed by atoms with E-state index in [1.165, 1.54) is 18.2 Å². The van der Waals surface area contributed by atoms with Crippen molar-refractivity contribution < 1.29 is 19.2 Å². The summed E-state index contributed by atoms with van der Waals surface area (Å²) in [5.74, 6) is -0.632. The molecule has 9 nitrogen and oxygen atoms in total. The van der Waals surface area contributed by atoms with Crippen molar-refractivity contribution in [3.05, 3.63) is 82.2 Å². The molecule has 0 aliphatic carbocycles. The Labute approximate surface area is 167 Å². The zero-order chi connectivity index (χ0) is 20.6. The van der Waals surface area contributed by atoms with Gasteiger partial charge in [-0.1, -0.05) is 12.1 Å². The molecule has 0 radical (unpaired) electrons. The van der Waals surface area contributed by atoms with Crippen molar-refractivity contribution in [2.24, 2.45) is 0 Å². The molecule has 0 aliphatic rings. The number of esters is 1. The number of rotatable bonds is 9. The lowest BCUT2D eigenvalue weighted by atomic mass is 10.1. The second-order valence-corrected chi connectivity index (χ2v) is 6.10. The predicted molar refractivity (Wildman–Crippen MR) is 106 cm³/mol. The average molecular weight is 396 g/mol. The topological polar surface area (TPSA) is 109 Å². The number of benzene rings is 2. The number of nitro benzene ring substituents is 1. The highest BCUT2D eigenvalue weighted by atomic mass is 16.6. The molecule has 0 amide bonds. The number of ether oxygens (including phenoxy) is 2. The zero-order valence-electron chi connectivity index (χ0n) is 15.8. The third kappa shape index (κ3) is 5.17. The molecule has 0 atom stereocenters. The van der Waals surface area contributed by atoms with Gasteiger partial charge < -0.3 is 14.8 Å². The van der Waals surface area contributed by atoms with Gasteiger partial charge in [-0.2, -0.15) is 5.10 Å². The third-order valence-corrected chi connectivity index (χ3v) is 4.13. The second kappa shape index (κ2) is 9.47. The molecule has 150 valence electrons. The van der Waals surface area contributed by atoms with Crippen LogP contribution in [0.15, 0.2) is 60.9 Å². The molecule has 0 unspecified atom stereocenters. The van der Waals surface area contributed by atoms with Gasteiger partial charge in [0.15, 0.2) is 0 Å². The highest BCUT2D eigenvalue weighted by molar-refractivity contribution is 5.91. The Hall–Kier alpha value is -3.72. The summed E-state index contributed by atoms with van der Waals surface area (Å²) in [6.45, 7) is 0.871. The molecule has 1 heterocycles. The molecule has 0 spiro atoms. The molecule has 0 fully saturated rings. The van der Waals surface area contributed by atoms with E-state index in [0.717, 1.165) is 11.3 Å². The van der Waals surface area contributed by atoms with E-state index in [1.807, 2.05) is 36.5 Å². The lowest BCUT2D eigenvalue weighted by Gasteiger charge is -2.09. The van der Waals surface area contributed by atoms with Crippen LogP contribution in [0.1, 0.15) is 15.9 Å². The fourth-order valence-electron chi connectivity index (χ4n) is 2.65. The average Bonchev–Trinajstić information content (AvgIpc) is 3.27. The van der Waals surface area contributed by atoms with E-state index in [9.17, 15) is 14.9 Å². The molecule has 1 aromatic heterocycles. The van der Waals surface area contributed by atoms with E-state index < -0.39 is 10.9 Å². The Morgan fingerprint density at radius 1 is 1.24 bits per heavy atom. The summed E-state index contributed by atoms with van der Waals surface area (Å²) in [7, 11) is 1.54. The number of anilines is 1. The monoisotopic (exact) mass is 396 g/mol. The van der Waals surface area contributed by atoms with Gasteiger partial charge in [0.05, 0.1) is 22.8 Å². The predicted octanol–water partition coefficient (Wildman–Crippen LogP) is 3.20. The Balaban J connectivity index is 1.64. The van der Waals surface area contributed by atoms with E-state index in [-0.39, 0.29) is 17.9 Å². The van der Waals surface area contributed by atoms with Crippen LogP contribution in [0.4, 0.5) is 11.4 Å². The number of methoxy groups -OCH3 is 1. The van der Waals surface area contributed by atoms with Crippen LogP contribution in [0, 0.1) is 10.1 Å². The van der Waals surface area contributed by atoms with Crippen molar-refractivity contribution in [2.45, 2.75) is 6.61 Å². The normalized spacial score (nSPS) is 10.5. The molecule has 1 N–H and O–H groups in total. The van der Waals surface area contributed by atoms with Crippen molar-refractivity contribution >= 4 is 17.3 Å². The molecular formula is C20H20N4O5. The fourth-order valence-corrected chi connectivity index (χ4v) is 2.65. The fraction of sp³-hybridized carbons (Fsp3) is 0.200. The van der Waals surface area contributed by atoms with Crippen LogP contribution in [0.3, 0.4) is 0 Å². The van der Waals surface area contributed by atoms with Crippen LogP contribution in [0.5, 0.6) is 0 Å². The van der Waals surface area contributed by atoms with Gasteiger partial charge in [-0.3, -0.25) is 10.1 Å². The summed E-state index contributed by atoms with van der Waals surface area (Å²) >= 11 is 0. The van der Waals surface area contributed by atoms with Gasteiger partial charge in [-0.25, -0.2) is 9.48 Å². The van der Waals surface area contributed by atoms with E-state index >= 15 is 0 Å². The standard InChI is InChI=1S/C20H20N4O5/c1-28-12-10-21-18-8-5-16(13-19(18)24(26)27)20(25)29-14-15-3-6-17(7-4-15)23-11-2-9-22-23/h2-9,11,13,21H,10,12,14H2,1H3. The second-order valence-electron chi connectivity index (χ2n) is 6.10. The summed E-state index contributed by atoms with van der Waals surface area (Å²) in [6.07, 6.45) is 3.52. The maximum Gasteiger partial charge on any atom is 0.338 e. The molecule has 0 saturated heterocycles. The maximum atomic E-state index is 12.3. The van der Waals surface area contributed by atoms with Crippen molar-refractivity contribution in [2.75, 3.05) is 25.6 Å². The van der Waals surface area contributed by atoms with Crippen LogP contribution in [-0.4, -0.2) is 40.9 Å². The molecular weight excluding hydrogens is 376 g/mol. The van der Waals surface area contributed by atoms with E-state index in [1.54, 1.807) is 18.0 Å². The minimum absolute atomic E-state index is 0.0554. The summed E-state index contributed by atoms with van der Waals surface area (Å²) < 4.78 is 11.9. The molecule has 0 aliphatic heterocycles. The van der Waals surface area contributed by atoms with Crippen LogP contribution >= 0.6 is 0 Å². The molecule has 2 aromatic carbocycles. The van der Waals surface area contributed by atoms with Gasteiger partial charge in [0.2, 0.25) is 0 Å². The van der Waals surface area contributed by atoms with Crippen LogP contribution < -0.4 is 5.32 Å².